The van der Waals surface area contributed by atoms with Gasteiger partial charge in [-0.3, -0.25) is 13.9 Å². The molecule has 2 amide bonds. The van der Waals surface area contributed by atoms with Crippen LogP contribution in [0.25, 0.3) is 0 Å². The van der Waals surface area contributed by atoms with Gasteiger partial charge in [-0.15, -0.1) is 0 Å². The first-order valence-electron chi connectivity index (χ1n) is 12.6. The molecule has 226 valence electrons. The Bertz CT molecular complexity index is 1140. The van der Waals surface area contributed by atoms with Gasteiger partial charge in [0.05, 0.1) is 25.3 Å². The lowest BCUT2D eigenvalue weighted by Crippen LogP contribution is -2.43. The summed E-state index contributed by atoms with van der Waals surface area (Å²) in [7, 11) is -3.72. The lowest BCUT2D eigenvalue weighted by molar-refractivity contribution is -0.143. The van der Waals surface area contributed by atoms with Crippen molar-refractivity contribution in [2.24, 2.45) is 5.92 Å². The number of rotatable bonds is 13. The molecule has 2 atom stereocenters. The Morgan fingerprint density at radius 1 is 0.900 bits per heavy atom. The minimum atomic E-state index is -3.72. The molecule has 0 aliphatic carbocycles. The fraction of sp³-hybridized carbons (Fsp3) is 0.615. The second-order valence-electron chi connectivity index (χ2n) is 11.2. The molecule has 1 aromatic carbocycles. The molecule has 0 bridgehead atoms. The van der Waals surface area contributed by atoms with Crippen LogP contribution in [0.4, 0.5) is 15.3 Å². The average molecular weight is 589 g/mol. The van der Waals surface area contributed by atoms with Crippen molar-refractivity contribution in [2.75, 3.05) is 24.3 Å². The maximum Gasteiger partial charge on any atom is 0.414 e. The van der Waals surface area contributed by atoms with Gasteiger partial charge in [0.2, 0.25) is 0 Å². The summed E-state index contributed by atoms with van der Waals surface area (Å²) in [6, 6.07) is 4.99. The van der Waals surface area contributed by atoms with Crippen molar-refractivity contribution in [3.8, 4) is 0 Å². The van der Waals surface area contributed by atoms with Crippen molar-refractivity contribution in [3.05, 3.63) is 29.8 Å². The van der Waals surface area contributed by atoms with E-state index in [0.717, 1.165) is 6.26 Å². The third kappa shape index (κ3) is 14.1. The van der Waals surface area contributed by atoms with E-state index in [-0.39, 0.29) is 32.4 Å². The van der Waals surface area contributed by atoms with Gasteiger partial charge in [-0.05, 0) is 78.5 Å². The fourth-order valence-electron chi connectivity index (χ4n) is 3.41. The molecular weight excluding hydrogens is 548 g/mol. The van der Waals surface area contributed by atoms with Gasteiger partial charge >= 0.3 is 24.1 Å². The Balaban J connectivity index is 2.98. The normalized spacial score (nSPS) is 13.6. The minimum absolute atomic E-state index is 0.0449. The zero-order valence-corrected chi connectivity index (χ0v) is 24.7. The summed E-state index contributed by atoms with van der Waals surface area (Å²) >= 11 is 0. The molecule has 0 saturated heterocycles. The Kier molecular flexibility index (Phi) is 12.4. The maximum absolute atomic E-state index is 12.8. The van der Waals surface area contributed by atoms with Gasteiger partial charge in [-0.2, -0.15) is 8.42 Å². The smallest absolute Gasteiger partial charge is 0.414 e. The number of carboxylic acids is 2. The lowest BCUT2D eigenvalue weighted by Gasteiger charge is -2.27. The predicted octanol–water partition coefficient (Wildman–Crippen LogP) is 3.41. The second-order valence-corrected chi connectivity index (χ2v) is 12.8. The molecule has 0 fully saturated rings. The molecule has 1 aromatic rings. The maximum atomic E-state index is 12.8. The van der Waals surface area contributed by atoms with E-state index in [1.54, 1.807) is 65.8 Å². The van der Waals surface area contributed by atoms with Crippen molar-refractivity contribution in [1.29, 1.82) is 0 Å². The number of nitrogens with one attached hydrogen (secondary N) is 1. The van der Waals surface area contributed by atoms with E-state index in [1.165, 1.54) is 4.90 Å². The molecule has 0 spiro atoms. The molecule has 1 rings (SSSR count). The Morgan fingerprint density at radius 3 is 1.90 bits per heavy atom. The van der Waals surface area contributed by atoms with Gasteiger partial charge in [0, 0.05) is 5.69 Å². The first kappa shape index (κ1) is 34.6. The number of carboxylic acid groups (broad SMARTS) is 2. The Morgan fingerprint density at radius 2 is 1.45 bits per heavy atom. The predicted molar refractivity (Wildman–Crippen MR) is 146 cm³/mol. The van der Waals surface area contributed by atoms with Crippen molar-refractivity contribution in [1.82, 2.24) is 5.32 Å². The molecule has 0 saturated carbocycles. The number of anilines is 1. The number of carbonyl (C=O) groups excluding carboxylic acids is 2. The molecule has 0 aliphatic rings. The van der Waals surface area contributed by atoms with Crippen LogP contribution in [0.2, 0.25) is 0 Å². The van der Waals surface area contributed by atoms with Gasteiger partial charge in [0.25, 0.3) is 10.1 Å². The highest BCUT2D eigenvalue weighted by Gasteiger charge is 2.28. The van der Waals surface area contributed by atoms with Crippen molar-refractivity contribution < 1.29 is 51.5 Å². The summed E-state index contributed by atoms with van der Waals surface area (Å²) in [5.74, 6) is -3.42. The topological polar surface area (TPSA) is 186 Å². The van der Waals surface area contributed by atoms with E-state index < -0.39 is 57.4 Å². The number of carbonyl (C=O) groups is 4. The van der Waals surface area contributed by atoms with Gasteiger partial charge in [0.1, 0.15) is 17.2 Å². The molecule has 0 heterocycles. The molecule has 0 aromatic heterocycles. The number of hydrogen-bond acceptors (Lipinski definition) is 9. The van der Waals surface area contributed by atoms with Crippen LogP contribution >= 0.6 is 0 Å². The molecule has 13 nitrogen and oxygen atoms in total. The van der Waals surface area contributed by atoms with E-state index in [2.05, 4.69) is 5.32 Å². The van der Waals surface area contributed by atoms with Crippen LogP contribution in [-0.2, 0) is 39.8 Å². The highest BCUT2D eigenvalue weighted by atomic mass is 32.2. The van der Waals surface area contributed by atoms with Crippen LogP contribution in [0, 0.1) is 5.92 Å². The van der Waals surface area contributed by atoms with Gasteiger partial charge < -0.3 is 25.0 Å². The molecule has 1 unspecified atom stereocenters. The Hall–Kier alpha value is -3.39. The summed E-state index contributed by atoms with van der Waals surface area (Å²) in [5.41, 5.74) is -0.676. The van der Waals surface area contributed by atoms with E-state index in [0.29, 0.717) is 11.3 Å². The highest BCUT2D eigenvalue weighted by Crippen LogP contribution is 2.22. The van der Waals surface area contributed by atoms with Crippen LogP contribution in [0.5, 0.6) is 0 Å². The molecule has 14 heteroatoms. The number of alkyl carbamates (subject to hydrolysis) is 1. The molecule has 40 heavy (non-hydrogen) atoms. The zero-order chi connectivity index (χ0) is 30.9. The summed E-state index contributed by atoms with van der Waals surface area (Å²) < 4.78 is 37.9. The van der Waals surface area contributed by atoms with Crippen LogP contribution in [0.1, 0.15) is 59.9 Å². The lowest BCUT2D eigenvalue weighted by atomic mass is 9.93. The quantitative estimate of drug-likeness (QED) is 0.287. The van der Waals surface area contributed by atoms with Crippen LogP contribution in [0.3, 0.4) is 0 Å². The third-order valence-electron chi connectivity index (χ3n) is 5.10. The number of hydrogen-bond donors (Lipinski definition) is 3. The molecule has 0 radical (unpaired) electrons. The summed E-state index contributed by atoms with van der Waals surface area (Å²) in [5, 5.41) is 21.4. The third-order valence-corrected chi connectivity index (χ3v) is 5.69. The standard InChI is InChI=1S/C26H40N2O11S/c1-25(2,3)38-23(33)27-20(22(31)32)13-10-18(21(29)30)16-17-8-11-19(12-9-17)28(14-15-37-40(7,35)36)24(34)39-26(4,5)6/h8-9,11-12,18,20H,10,13-16H2,1-7H3,(H,27,33)(H,29,30)(H,31,32)/t18?,20-/m0/s1. The summed E-state index contributed by atoms with van der Waals surface area (Å²) in [4.78, 5) is 49.5. The number of nitrogens with zero attached hydrogens (tertiary/aromatic N) is 1. The highest BCUT2D eigenvalue weighted by molar-refractivity contribution is 7.85. The van der Waals surface area contributed by atoms with Crippen LogP contribution < -0.4 is 10.2 Å². The van der Waals surface area contributed by atoms with Gasteiger partial charge in [-0.1, -0.05) is 12.1 Å². The van der Waals surface area contributed by atoms with Gasteiger partial charge in [0.15, 0.2) is 0 Å². The SMILES string of the molecule is CC(C)(C)OC(=O)N[C@@H](CCC(Cc1ccc(N(CCOS(C)(=O)=O)C(=O)OC(C)(C)C)cc1)C(=O)O)C(=O)O. The monoisotopic (exact) mass is 588 g/mol. The van der Waals surface area contributed by atoms with Crippen molar-refractivity contribution >= 4 is 39.9 Å². The number of ether oxygens (including phenoxy) is 2. The number of benzene rings is 1. The Labute approximate surface area is 234 Å². The van der Waals surface area contributed by atoms with Gasteiger partial charge in [-0.25, -0.2) is 14.4 Å². The van der Waals surface area contributed by atoms with E-state index in [9.17, 15) is 37.8 Å². The second kappa shape index (κ2) is 14.3. The van der Waals surface area contributed by atoms with Crippen LogP contribution in [0.15, 0.2) is 24.3 Å². The average Bonchev–Trinajstić information content (AvgIpc) is 2.75. The summed E-state index contributed by atoms with van der Waals surface area (Å²) in [6.07, 6.45) is -0.882. The molecular formula is C26H40N2O11S. The fourth-order valence-corrected chi connectivity index (χ4v) is 3.78. The van der Waals surface area contributed by atoms with E-state index in [4.69, 9.17) is 13.7 Å². The van der Waals surface area contributed by atoms with E-state index >= 15 is 0 Å². The zero-order valence-electron chi connectivity index (χ0n) is 23.9. The van der Waals surface area contributed by atoms with Crippen molar-refractivity contribution in [2.45, 2.75) is 78.0 Å². The molecule has 3 N–H and O–H groups in total. The largest absolute Gasteiger partial charge is 0.481 e. The first-order chi connectivity index (χ1) is 18.2. The van der Waals surface area contributed by atoms with Crippen LogP contribution in [-0.4, -0.2) is 79.4 Å². The summed E-state index contributed by atoms with van der Waals surface area (Å²) in [6.45, 7) is 9.51. The van der Waals surface area contributed by atoms with Crippen molar-refractivity contribution in [3.63, 3.8) is 0 Å². The number of amides is 2. The first-order valence-corrected chi connectivity index (χ1v) is 14.4. The minimum Gasteiger partial charge on any atom is -0.481 e. The van der Waals surface area contributed by atoms with E-state index in [1.807, 2.05) is 0 Å². The molecule has 0 aliphatic heterocycles. The number of aliphatic carboxylic acids is 2.